The zero-order valence-electron chi connectivity index (χ0n) is 40.4. The van der Waals surface area contributed by atoms with Gasteiger partial charge in [-0.25, -0.2) is 23.2 Å². The minimum absolute atomic E-state index is 0.0113. The van der Waals surface area contributed by atoms with Gasteiger partial charge in [-0.2, -0.15) is 0 Å². The Balaban J connectivity index is 0.000000258. The second kappa shape index (κ2) is 20.9. The van der Waals surface area contributed by atoms with Crippen LogP contribution in [0.3, 0.4) is 0 Å². The molecule has 0 radical (unpaired) electrons. The van der Waals surface area contributed by atoms with Gasteiger partial charge in [0, 0.05) is 46.5 Å². The van der Waals surface area contributed by atoms with Crippen molar-refractivity contribution in [2.75, 3.05) is 0 Å². The van der Waals surface area contributed by atoms with Gasteiger partial charge in [0.25, 0.3) is 23.2 Å². The number of carbonyl (C=O) groups is 2. The van der Waals surface area contributed by atoms with Gasteiger partial charge in [-0.3, -0.25) is 39.3 Å². The quantitative estimate of drug-likeness (QED) is 0.0765. The number of nitro benzene ring substituents is 2. The SMILES string of the molecule is Cc1cc(C)c(Oc2nc(C(C)(C)C)ccc2C(=O)NS(=N)(=O)c2cccc([N+](=O)[O-])c2)c(C)c1.Cc1cc(C)c(Oc2nc(C(C)(C)C)ccc2C(=O)NS(=O)c2cccc([N+](=O)[O-])c2)c(C)c1. The third-order valence-corrected chi connectivity index (χ3v) is 12.8. The minimum Gasteiger partial charge on any atom is -0.438 e. The first kappa shape index (κ1) is 52.6. The number of carbonyl (C=O) groups excluding carboxylic acids is 2. The van der Waals surface area contributed by atoms with Crippen molar-refractivity contribution in [3.05, 3.63) is 173 Å². The first-order valence-electron chi connectivity index (χ1n) is 21.4. The molecule has 19 heteroatoms. The van der Waals surface area contributed by atoms with Crippen molar-refractivity contribution in [1.82, 2.24) is 19.4 Å². The van der Waals surface area contributed by atoms with E-state index in [1.165, 1.54) is 42.5 Å². The second-order valence-corrected chi connectivity index (χ2v) is 21.5. The highest BCUT2D eigenvalue weighted by Crippen LogP contribution is 2.35. The van der Waals surface area contributed by atoms with Crippen LogP contribution in [0.15, 0.2) is 107 Å². The number of hydrogen-bond donors (Lipinski definition) is 3. The topological polar surface area (TPSA) is 247 Å². The number of rotatable bonds is 12. The number of nitrogens with zero attached hydrogens (tertiary/aromatic N) is 4. The Morgan fingerprint density at radius 2 is 1.03 bits per heavy atom. The molecular formula is C50H55N7O10S2. The molecule has 362 valence electrons. The summed E-state index contributed by atoms with van der Waals surface area (Å²) >= 11 is 0. The summed E-state index contributed by atoms with van der Waals surface area (Å²) in [4.78, 5) is 56.2. The first-order valence-corrected chi connectivity index (χ1v) is 24.1. The largest absolute Gasteiger partial charge is 0.438 e. The number of aryl methyl sites for hydroxylation is 6. The van der Waals surface area contributed by atoms with E-state index in [-0.39, 0.29) is 54.9 Å². The molecule has 17 nitrogen and oxygen atoms in total. The molecule has 3 N–H and O–H groups in total. The molecule has 2 amide bonds. The lowest BCUT2D eigenvalue weighted by Crippen LogP contribution is -2.30. The van der Waals surface area contributed by atoms with E-state index < -0.39 is 42.6 Å². The number of pyridine rings is 2. The number of hydrogen-bond acceptors (Lipinski definition) is 13. The molecule has 0 saturated heterocycles. The Morgan fingerprint density at radius 3 is 1.45 bits per heavy atom. The van der Waals surface area contributed by atoms with Crippen LogP contribution >= 0.6 is 0 Å². The lowest BCUT2D eigenvalue weighted by atomic mass is 9.91. The standard InChI is InChI=1S/C25H28N4O5S.C25H27N3O5S/c1-15-12-16(2)22(17(3)13-15)34-24-20(10-11-21(27-24)25(4,5)6)23(30)28-35(26,33)19-9-7-8-18(14-19)29(31)32;1-15-12-16(2)22(17(3)13-15)33-24-20(10-11-21(26-24)25(4,5)6)23(29)27-34(32)19-9-7-8-18(14-19)28(30)31/h7-14H,1-6H3,(H2,26,28,30,33);7-14H,1-6H3,(H,27,29). The second-order valence-electron chi connectivity index (χ2n) is 18.5. The zero-order valence-corrected chi connectivity index (χ0v) is 42.1. The van der Waals surface area contributed by atoms with Gasteiger partial charge < -0.3 is 9.47 Å². The number of aromatic nitrogens is 2. The van der Waals surface area contributed by atoms with Crippen molar-refractivity contribution in [1.29, 1.82) is 4.78 Å². The fraction of sp³-hybridized carbons (Fsp3) is 0.280. The molecular weight excluding hydrogens is 923 g/mol. The van der Waals surface area contributed by atoms with Crippen LogP contribution in [0.5, 0.6) is 23.3 Å². The van der Waals surface area contributed by atoms with Crippen LogP contribution in [0.2, 0.25) is 0 Å². The van der Waals surface area contributed by atoms with Gasteiger partial charge in [0.15, 0.2) is 20.9 Å². The Labute approximate surface area is 404 Å². The molecule has 0 aliphatic carbocycles. The lowest BCUT2D eigenvalue weighted by molar-refractivity contribution is -0.385. The van der Waals surface area contributed by atoms with Crippen molar-refractivity contribution in [3.8, 4) is 23.3 Å². The third kappa shape index (κ3) is 13.2. The maximum Gasteiger partial charge on any atom is 0.270 e. The fourth-order valence-corrected chi connectivity index (χ4v) is 8.87. The maximum absolute atomic E-state index is 13.2. The number of nitrogens with one attached hydrogen (secondary N) is 3. The van der Waals surface area contributed by atoms with E-state index >= 15 is 0 Å². The summed E-state index contributed by atoms with van der Waals surface area (Å²) < 4.78 is 50.9. The molecule has 6 rings (SSSR count). The summed E-state index contributed by atoms with van der Waals surface area (Å²) in [5.74, 6) is -0.265. The van der Waals surface area contributed by atoms with Gasteiger partial charge in [0.05, 0.1) is 19.6 Å². The van der Waals surface area contributed by atoms with Crippen molar-refractivity contribution >= 4 is 44.1 Å². The van der Waals surface area contributed by atoms with Gasteiger partial charge in [0.1, 0.15) is 22.6 Å². The van der Waals surface area contributed by atoms with Gasteiger partial charge in [0.2, 0.25) is 11.8 Å². The molecule has 2 heterocycles. The van der Waals surface area contributed by atoms with Crippen molar-refractivity contribution < 1.29 is 37.3 Å². The monoisotopic (exact) mass is 977 g/mol. The summed E-state index contributed by atoms with van der Waals surface area (Å²) in [6.45, 7) is 23.5. The first-order chi connectivity index (χ1) is 32.0. The Hall–Kier alpha value is -7.38. The lowest BCUT2D eigenvalue weighted by Gasteiger charge is -2.21. The van der Waals surface area contributed by atoms with Crippen LogP contribution in [0.25, 0.3) is 0 Å². The Kier molecular flexibility index (Phi) is 15.9. The molecule has 0 aliphatic heterocycles. The van der Waals surface area contributed by atoms with Crippen LogP contribution in [-0.4, -0.2) is 40.0 Å². The molecule has 4 aromatic carbocycles. The summed E-state index contributed by atoms with van der Waals surface area (Å²) in [6, 6.07) is 24.5. The number of non-ortho nitro benzene ring substituents is 2. The molecule has 69 heavy (non-hydrogen) atoms. The molecule has 2 unspecified atom stereocenters. The Morgan fingerprint density at radius 1 is 0.623 bits per heavy atom. The predicted molar refractivity (Wildman–Crippen MR) is 264 cm³/mol. The van der Waals surface area contributed by atoms with E-state index in [1.54, 1.807) is 18.2 Å². The molecule has 0 aliphatic rings. The average molecular weight is 978 g/mol. The minimum atomic E-state index is -3.90. The van der Waals surface area contributed by atoms with E-state index in [0.29, 0.717) is 17.2 Å². The normalized spacial score (nSPS) is 12.6. The smallest absolute Gasteiger partial charge is 0.270 e. The summed E-state index contributed by atoms with van der Waals surface area (Å²) in [7, 11) is -5.92. The number of nitro groups is 2. The third-order valence-electron chi connectivity index (χ3n) is 10.4. The summed E-state index contributed by atoms with van der Waals surface area (Å²) in [5.41, 5.74) is 5.97. The molecule has 0 saturated carbocycles. The van der Waals surface area contributed by atoms with Gasteiger partial charge in [-0.15, -0.1) is 0 Å². The highest BCUT2D eigenvalue weighted by Gasteiger charge is 2.27. The van der Waals surface area contributed by atoms with Crippen molar-refractivity contribution in [2.24, 2.45) is 0 Å². The van der Waals surface area contributed by atoms with Crippen LogP contribution < -0.4 is 18.9 Å². The van der Waals surface area contributed by atoms with Gasteiger partial charge in [-0.05, 0) is 100 Å². The van der Waals surface area contributed by atoms with E-state index in [4.69, 9.17) is 14.3 Å². The molecule has 2 atom stereocenters. The van der Waals surface area contributed by atoms with Gasteiger partial charge in [-0.1, -0.05) is 89.1 Å². The van der Waals surface area contributed by atoms with E-state index in [9.17, 15) is 38.2 Å². The summed E-state index contributed by atoms with van der Waals surface area (Å²) in [6.07, 6.45) is 0. The highest BCUT2D eigenvalue weighted by atomic mass is 32.2. The molecule has 0 spiro atoms. The van der Waals surface area contributed by atoms with E-state index in [0.717, 1.165) is 51.2 Å². The fourth-order valence-electron chi connectivity index (χ4n) is 7.00. The maximum atomic E-state index is 13.2. The highest BCUT2D eigenvalue weighted by molar-refractivity contribution is 7.91. The Bertz CT molecular complexity index is 3100. The van der Waals surface area contributed by atoms with Crippen LogP contribution in [0.4, 0.5) is 11.4 Å². The number of ether oxygens (including phenoxy) is 2. The molecule has 2 aromatic heterocycles. The number of benzene rings is 4. The zero-order chi connectivity index (χ0) is 51.3. The van der Waals surface area contributed by atoms with Crippen molar-refractivity contribution in [3.63, 3.8) is 0 Å². The van der Waals surface area contributed by atoms with Gasteiger partial charge >= 0.3 is 0 Å². The predicted octanol–water partition coefficient (Wildman–Crippen LogP) is 11.2. The summed E-state index contributed by atoms with van der Waals surface area (Å²) in [5, 5.41) is 22.1. The van der Waals surface area contributed by atoms with Crippen LogP contribution in [0, 0.1) is 66.6 Å². The molecule has 6 aromatic rings. The molecule has 0 bridgehead atoms. The van der Waals surface area contributed by atoms with E-state index in [2.05, 4.69) is 19.4 Å². The van der Waals surface area contributed by atoms with Crippen molar-refractivity contribution in [2.45, 2.75) is 104 Å². The average Bonchev–Trinajstić information content (AvgIpc) is 3.25. The number of amides is 2. The van der Waals surface area contributed by atoms with Crippen LogP contribution in [-0.2, 0) is 31.7 Å². The molecule has 0 fully saturated rings. The van der Waals surface area contributed by atoms with Crippen LogP contribution in [0.1, 0.15) is 107 Å². The van der Waals surface area contributed by atoms with E-state index in [1.807, 2.05) is 107 Å².